The number of fused-ring (bicyclic) bond motifs is 1. The van der Waals surface area contributed by atoms with Gasteiger partial charge in [-0.25, -0.2) is 0 Å². The van der Waals surface area contributed by atoms with Gasteiger partial charge in [-0.3, -0.25) is 19.2 Å². The summed E-state index contributed by atoms with van der Waals surface area (Å²) in [7, 11) is 0. The molecule has 0 unspecified atom stereocenters. The second-order valence-corrected chi connectivity index (χ2v) is 8.22. The SMILES string of the molecule is CC(=O)c1c(C)[nH]c(C(=O)[C@@H](C)OC(=O)C[C@@H]2Sc3ccccc3NC2=O)c1C. The van der Waals surface area contributed by atoms with Gasteiger partial charge in [0.05, 0.1) is 23.1 Å². The van der Waals surface area contributed by atoms with Gasteiger partial charge < -0.3 is 15.0 Å². The van der Waals surface area contributed by atoms with Crippen LogP contribution in [0.15, 0.2) is 29.2 Å². The summed E-state index contributed by atoms with van der Waals surface area (Å²) in [4.78, 5) is 52.8. The number of benzene rings is 1. The van der Waals surface area contributed by atoms with E-state index in [0.29, 0.717) is 16.8 Å². The maximum absolute atomic E-state index is 12.7. The lowest BCUT2D eigenvalue weighted by molar-refractivity contribution is -0.147. The summed E-state index contributed by atoms with van der Waals surface area (Å²) in [5.74, 6) is -1.46. The third-order valence-corrected chi connectivity index (χ3v) is 6.05. The Morgan fingerprint density at radius 2 is 1.90 bits per heavy atom. The smallest absolute Gasteiger partial charge is 0.308 e. The molecule has 2 heterocycles. The number of carbonyl (C=O) groups is 4. The molecule has 0 bridgehead atoms. The quantitative estimate of drug-likeness (QED) is 0.554. The number of ketones is 2. The highest BCUT2D eigenvalue weighted by atomic mass is 32.2. The van der Waals surface area contributed by atoms with Crippen molar-refractivity contribution >= 4 is 40.9 Å². The van der Waals surface area contributed by atoms with Crippen LogP contribution in [0.1, 0.15) is 52.4 Å². The van der Waals surface area contributed by atoms with E-state index in [9.17, 15) is 19.2 Å². The molecule has 0 aliphatic carbocycles. The van der Waals surface area contributed by atoms with Gasteiger partial charge in [0.1, 0.15) is 0 Å². The Labute approximate surface area is 172 Å². The molecule has 0 saturated carbocycles. The van der Waals surface area contributed by atoms with Crippen LogP contribution in [-0.4, -0.2) is 39.8 Å². The number of hydrogen-bond donors (Lipinski definition) is 2. The van der Waals surface area contributed by atoms with Crippen molar-refractivity contribution in [3.05, 3.63) is 46.8 Å². The summed E-state index contributed by atoms with van der Waals surface area (Å²) in [6.07, 6.45) is -1.19. The summed E-state index contributed by atoms with van der Waals surface area (Å²) < 4.78 is 5.28. The summed E-state index contributed by atoms with van der Waals surface area (Å²) in [5.41, 5.74) is 2.59. The van der Waals surface area contributed by atoms with Crippen molar-refractivity contribution in [3.8, 4) is 0 Å². The average molecular weight is 414 g/mol. The maximum Gasteiger partial charge on any atom is 0.308 e. The molecule has 1 aliphatic rings. The number of anilines is 1. The number of Topliss-reactive ketones (excluding diaryl/α,β-unsaturated/α-hetero) is 2. The van der Waals surface area contributed by atoms with Gasteiger partial charge in [0.2, 0.25) is 11.7 Å². The first-order chi connectivity index (χ1) is 13.7. The van der Waals surface area contributed by atoms with Crippen molar-refractivity contribution in [2.45, 2.75) is 50.4 Å². The third-order valence-electron chi connectivity index (χ3n) is 4.77. The number of amides is 1. The Balaban J connectivity index is 1.65. The maximum atomic E-state index is 12.7. The van der Waals surface area contributed by atoms with Crippen LogP contribution < -0.4 is 5.32 Å². The Morgan fingerprint density at radius 3 is 2.55 bits per heavy atom. The lowest BCUT2D eigenvalue weighted by atomic mass is 10.0. The predicted molar refractivity (Wildman–Crippen MR) is 109 cm³/mol. The first-order valence-corrected chi connectivity index (χ1v) is 10.1. The number of rotatable bonds is 6. The van der Waals surface area contributed by atoms with Gasteiger partial charge in [-0.1, -0.05) is 12.1 Å². The van der Waals surface area contributed by atoms with Gasteiger partial charge in [-0.05, 0) is 45.4 Å². The van der Waals surface area contributed by atoms with Crippen LogP contribution in [0.25, 0.3) is 0 Å². The lowest BCUT2D eigenvalue weighted by Crippen LogP contribution is -2.33. The van der Waals surface area contributed by atoms with Crippen molar-refractivity contribution in [1.82, 2.24) is 4.98 Å². The second kappa shape index (κ2) is 8.24. The number of ether oxygens (including phenoxy) is 1. The molecule has 152 valence electrons. The summed E-state index contributed by atoms with van der Waals surface area (Å²) in [6, 6.07) is 7.34. The first kappa shape index (κ1) is 20.9. The van der Waals surface area contributed by atoms with Crippen molar-refractivity contribution < 1.29 is 23.9 Å². The number of aryl methyl sites for hydroxylation is 1. The number of carbonyl (C=O) groups excluding carboxylic acids is 4. The van der Waals surface area contributed by atoms with Crippen LogP contribution in [0.3, 0.4) is 0 Å². The molecule has 1 amide bonds. The van der Waals surface area contributed by atoms with Crippen LogP contribution >= 0.6 is 11.8 Å². The van der Waals surface area contributed by atoms with E-state index in [-0.39, 0.29) is 23.8 Å². The van der Waals surface area contributed by atoms with Crippen molar-refractivity contribution in [1.29, 1.82) is 0 Å². The molecule has 0 saturated heterocycles. The van der Waals surface area contributed by atoms with E-state index in [1.54, 1.807) is 19.9 Å². The molecule has 1 aromatic heterocycles. The predicted octanol–water partition coefficient (Wildman–Crippen LogP) is 3.45. The van der Waals surface area contributed by atoms with Gasteiger partial charge >= 0.3 is 5.97 Å². The van der Waals surface area contributed by atoms with E-state index in [2.05, 4.69) is 10.3 Å². The highest BCUT2D eigenvalue weighted by molar-refractivity contribution is 8.01. The van der Waals surface area contributed by atoms with E-state index in [1.165, 1.54) is 25.6 Å². The van der Waals surface area contributed by atoms with Gasteiger partial charge in [-0.2, -0.15) is 0 Å². The number of hydrogen-bond acceptors (Lipinski definition) is 6. The molecular formula is C21H22N2O5S. The van der Waals surface area contributed by atoms with Crippen molar-refractivity contribution in [2.24, 2.45) is 0 Å². The normalized spacial score (nSPS) is 16.6. The monoisotopic (exact) mass is 414 g/mol. The highest BCUT2D eigenvalue weighted by Crippen LogP contribution is 2.36. The Morgan fingerprint density at radius 1 is 1.21 bits per heavy atom. The number of aromatic nitrogens is 1. The van der Waals surface area contributed by atoms with Gasteiger partial charge in [0.15, 0.2) is 11.9 Å². The molecular weight excluding hydrogens is 392 g/mol. The molecule has 0 radical (unpaired) electrons. The molecule has 1 aromatic carbocycles. The number of nitrogens with one attached hydrogen (secondary N) is 2. The molecule has 0 spiro atoms. The summed E-state index contributed by atoms with van der Waals surface area (Å²) in [6.45, 7) is 6.31. The standard InChI is InChI=1S/C21H22N2O5S/c1-10-18(12(3)24)11(2)22-19(10)20(26)13(4)28-17(25)9-16-21(27)23-14-7-5-6-8-15(14)29-16/h5-8,13,16,22H,9H2,1-4H3,(H,23,27)/t13-,16+/m1/s1. The fourth-order valence-electron chi connectivity index (χ4n) is 3.40. The van der Waals surface area contributed by atoms with Crippen LogP contribution in [0, 0.1) is 13.8 Å². The Bertz CT molecular complexity index is 1010. The van der Waals surface area contributed by atoms with E-state index in [0.717, 1.165) is 10.6 Å². The molecule has 3 rings (SSSR count). The van der Waals surface area contributed by atoms with Crippen LogP contribution in [-0.2, 0) is 14.3 Å². The summed E-state index contributed by atoms with van der Waals surface area (Å²) in [5, 5.41) is 2.15. The fraction of sp³-hybridized carbons (Fsp3) is 0.333. The zero-order valence-electron chi connectivity index (χ0n) is 16.6. The second-order valence-electron chi connectivity index (χ2n) is 6.97. The Kier molecular flexibility index (Phi) is 5.93. The minimum absolute atomic E-state index is 0.138. The molecule has 0 fully saturated rings. The lowest BCUT2D eigenvalue weighted by Gasteiger charge is -2.23. The van der Waals surface area contributed by atoms with Gasteiger partial charge in [0.25, 0.3) is 0 Å². The summed E-state index contributed by atoms with van der Waals surface area (Å²) >= 11 is 1.29. The fourth-order valence-corrected chi connectivity index (χ4v) is 4.50. The van der Waals surface area contributed by atoms with Gasteiger partial charge in [-0.15, -0.1) is 11.8 Å². The van der Waals surface area contributed by atoms with Crippen molar-refractivity contribution in [2.75, 3.05) is 5.32 Å². The first-order valence-electron chi connectivity index (χ1n) is 9.19. The molecule has 7 nitrogen and oxygen atoms in total. The molecule has 2 N–H and O–H groups in total. The van der Waals surface area contributed by atoms with Crippen LogP contribution in [0.4, 0.5) is 5.69 Å². The molecule has 2 aromatic rings. The molecule has 1 aliphatic heterocycles. The molecule has 8 heteroatoms. The molecule has 29 heavy (non-hydrogen) atoms. The minimum Gasteiger partial charge on any atom is -0.454 e. The Hall–Kier alpha value is -2.87. The van der Waals surface area contributed by atoms with E-state index >= 15 is 0 Å². The topological polar surface area (TPSA) is 105 Å². The zero-order chi connectivity index (χ0) is 21.3. The van der Waals surface area contributed by atoms with E-state index in [4.69, 9.17) is 4.74 Å². The van der Waals surface area contributed by atoms with Gasteiger partial charge in [0, 0.05) is 16.2 Å². The number of thioether (sulfide) groups is 1. The highest BCUT2D eigenvalue weighted by Gasteiger charge is 2.31. The largest absolute Gasteiger partial charge is 0.454 e. The van der Waals surface area contributed by atoms with Crippen LogP contribution in [0.5, 0.6) is 0 Å². The average Bonchev–Trinajstić information content (AvgIpc) is 2.95. The van der Waals surface area contributed by atoms with E-state index < -0.39 is 23.1 Å². The minimum atomic E-state index is -1.04. The number of H-pyrrole nitrogens is 1. The molecule has 2 atom stereocenters. The zero-order valence-corrected chi connectivity index (χ0v) is 17.4. The van der Waals surface area contributed by atoms with Crippen LogP contribution in [0.2, 0.25) is 0 Å². The van der Waals surface area contributed by atoms with Crippen molar-refractivity contribution in [3.63, 3.8) is 0 Å². The number of para-hydroxylation sites is 1. The number of esters is 1. The third kappa shape index (κ3) is 4.27. The van der Waals surface area contributed by atoms with E-state index in [1.807, 2.05) is 18.2 Å². The number of aromatic amines is 1.